The molecule has 0 spiro atoms. The summed E-state index contributed by atoms with van der Waals surface area (Å²) < 4.78 is 0. The number of hydrogen-bond donors (Lipinski definition) is 1. The van der Waals surface area contributed by atoms with Gasteiger partial charge in [0.15, 0.2) is 0 Å². The van der Waals surface area contributed by atoms with Gasteiger partial charge in [-0.3, -0.25) is 4.98 Å². The summed E-state index contributed by atoms with van der Waals surface area (Å²) in [5, 5.41) is 14.7. The van der Waals surface area contributed by atoms with E-state index in [1.54, 1.807) is 0 Å². The molecule has 3 rings (SSSR count). The average molecular weight is 273 g/mol. The van der Waals surface area contributed by atoms with Crippen LogP contribution in [0.3, 0.4) is 0 Å². The highest BCUT2D eigenvalue weighted by Crippen LogP contribution is 2.14. The fourth-order valence-electron chi connectivity index (χ4n) is 2.34. The molecule has 3 aromatic rings. The first-order valence-electron chi connectivity index (χ1n) is 6.87. The van der Waals surface area contributed by atoms with Gasteiger partial charge >= 0.3 is 0 Å². The van der Waals surface area contributed by atoms with Crippen LogP contribution in [-0.2, 0) is 13.1 Å². The Morgan fingerprint density at radius 1 is 0.952 bits per heavy atom. The lowest BCUT2D eigenvalue weighted by atomic mass is 10.1. The Balaban J connectivity index is 1.65. The van der Waals surface area contributed by atoms with Crippen LogP contribution < -0.4 is 5.32 Å². The van der Waals surface area contributed by atoms with Gasteiger partial charge in [0.25, 0.3) is 0 Å². The minimum absolute atomic E-state index is 0.701. The van der Waals surface area contributed by atoms with Gasteiger partial charge in [0.1, 0.15) is 0 Å². The van der Waals surface area contributed by atoms with Crippen molar-refractivity contribution < 1.29 is 0 Å². The Morgan fingerprint density at radius 2 is 1.81 bits per heavy atom. The topological polar surface area (TPSA) is 48.7 Å². The Labute approximate surface area is 123 Å². The van der Waals surface area contributed by atoms with E-state index in [0.29, 0.717) is 5.56 Å². The van der Waals surface area contributed by atoms with Crippen LogP contribution >= 0.6 is 0 Å². The van der Waals surface area contributed by atoms with E-state index in [1.807, 2.05) is 42.7 Å². The molecule has 1 aromatic heterocycles. The average Bonchev–Trinajstić information content (AvgIpc) is 2.55. The maximum atomic E-state index is 8.89. The van der Waals surface area contributed by atoms with Crippen LogP contribution in [0.5, 0.6) is 0 Å². The van der Waals surface area contributed by atoms with Crippen LogP contribution in [0.1, 0.15) is 16.7 Å². The summed E-state index contributed by atoms with van der Waals surface area (Å²) in [5.41, 5.74) is 3.07. The van der Waals surface area contributed by atoms with Crippen molar-refractivity contribution in [3.63, 3.8) is 0 Å². The van der Waals surface area contributed by atoms with Crippen molar-refractivity contribution in [1.29, 1.82) is 5.26 Å². The summed E-state index contributed by atoms with van der Waals surface area (Å²) in [6, 6.07) is 18.2. The standard InChI is InChI=1S/C18H15N3/c19-10-14-2-1-3-15(8-14)11-21-12-16-4-5-18-13-20-7-6-17(18)9-16/h1-9,13,21H,11-12H2. The Hall–Kier alpha value is -2.70. The first-order valence-corrected chi connectivity index (χ1v) is 6.87. The minimum Gasteiger partial charge on any atom is -0.309 e. The highest BCUT2D eigenvalue weighted by Gasteiger charge is 1.98. The number of nitrogens with one attached hydrogen (secondary N) is 1. The highest BCUT2D eigenvalue weighted by atomic mass is 14.8. The molecule has 3 nitrogen and oxygen atoms in total. The molecule has 0 saturated heterocycles. The third-order valence-electron chi connectivity index (χ3n) is 3.42. The van der Waals surface area contributed by atoms with Gasteiger partial charge in [-0.1, -0.05) is 24.3 Å². The van der Waals surface area contributed by atoms with Crippen molar-refractivity contribution in [3.05, 3.63) is 77.6 Å². The summed E-state index contributed by atoms with van der Waals surface area (Å²) in [4.78, 5) is 4.12. The number of rotatable bonds is 4. The van der Waals surface area contributed by atoms with E-state index in [2.05, 4.69) is 34.6 Å². The van der Waals surface area contributed by atoms with Crippen molar-refractivity contribution >= 4 is 10.8 Å². The summed E-state index contributed by atoms with van der Waals surface area (Å²) in [6.45, 7) is 1.55. The lowest BCUT2D eigenvalue weighted by Crippen LogP contribution is -2.12. The van der Waals surface area contributed by atoms with E-state index in [1.165, 1.54) is 10.9 Å². The Bertz CT molecular complexity index is 803. The van der Waals surface area contributed by atoms with Crippen molar-refractivity contribution in [1.82, 2.24) is 10.3 Å². The molecule has 0 bridgehead atoms. The van der Waals surface area contributed by atoms with Gasteiger partial charge in [-0.15, -0.1) is 0 Å². The molecular weight excluding hydrogens is 258 g/mol. The molecule has 0 radical (unpaired) electrons. The zero-order valence-corrected chi connectivity index (χ0v) is 11.6. The van der Waals surface area contributed by atoms with Crippen LogP contribution in [0.15, 0.2) is 60.9 Å². The van der Waals surface area contributed by atoms with Gasteiger partial charge in [0, 0.05) is 30.9 Å². The van der Waals surface area contributed by atoms with Crippen LogP contribution in [0.4, 0.5) is 0 Å². The van der Waals surface area contributed by atoms with Gasteiger partial charge in [0.05, 0.1) is 11.6 Å². The molecule has 0 saturated carbocycles. The van der Waals surface area contributed by atoms with Crippen molar-refractivity contribution in [2.75, 3.05) is 0 Å². The Kier molecular flexibility index (Phi) is 3.90. The van der Waals surface area contributed by atoms with E-state index < -0.39 is 0 Å². The molecule has 0 aliphatic rings. The van der Waals surface area contributed by atoms with Crippen molar-refractivity contribution in [2.45, 2.75) is 13.1 Å². The predicted octanol–water partition coefficient (Wildman–Crippen LogP) is 3.40. The summed E-state index contributed by atoms with van der Waals surface area (Å²) in [5.74, 6) is 0. The van der Waals surface area contributed by atoms with Gasteiger partial charge in [-0.25, -0.2) is 0 Å². The van der Waals surface area contributed by atoms with Crippen LogP contribution in [0.2, 0.25) is 0 Å². The second-order valence-electron chi connectivity index (χ2n) is 4.97. The monoisotopic (exact) mass is 273 g/mol. The third kappa shape index (κ3) is 3.25. The van der Waals surface area contributed by atoms with E-state index in [4.69, 9.17) is 5.26 Å². The zero-order valence-electron chi connectivity index (χ0n) is 11.6. The van der Waals surface area contributed by atoms with Gasteiger partial charge < -0.3 is 5.32 Å². The number of nitrogens with zero attached hydrogens (tertiary/aromatic N) is 2. The first-order chi connectivity index (χ1) is 10.3. The molecule has 0 aliphatic carbocycles. The molecule has 21 heavy (non-hydrogen) atoms. The fraction of sp³-hybridized carbons (Fsp3) is 0.111. The molecule has 2 aromatic carbocycles. The largest absolute Gasteiger partial charge is 0.309 e. The maximum Gasteiger partial charge on any atom is 0.0991 e. The second kappa shape index (κ2) is 6.17. The molecule has 1 heterocycles. The molecule has 0 atom stereocenters. The van der Waals surface area contributed by atoms with Crippen LogP contribution in [0.25, 0.3) is 10.8 Å². The molecule has 102 valence electrons. The minimum atomic E-state index is 0.701. The summed E-state index contributed by atoms with van der Waals surface area (Å²) >= 11 is 0. The molecule has 3 heteroatoms. The predicted molar refractivity (Wildman–Crippen MR) is 83.4 cm³/mol. The van der Waals surface area contributed by atoms with Crippen LogP contribution in [0, 0.1) is 11.3 Å². The highest BCUT2D eigenvalue weighted by molar-refractivity contribution is 5.81. The smallest absolute Gasteiger partial charge is 0.0991 e. The van der Waals surface area contributed by atoms with Gasteiger partial charge in [-0.2, -0.15) is 5.26 Å². The molecule has 0 unspecified atom stereocenters. The zero-order chi connectivity index (χ0) is 14.5. The molecule has 1 N–H and O–H groups in total. The number of fused-ring (bicyclic) bond motifs is 1. The maximum absolute atomic E-state index is 8.89. The number of nitriles is 1. The molecular formula is C18H15N3. The number of benzene rings is 2. The third-order valence-corrected chi connectivity index (χ3v) is 3.42. The van der Waals surface area contributed by atoms with E-state index in [-0.39, 0.29) is 0 Å². The molecule has 0 aliphatic heterocycles. The normalized spacial score (nSPS) is 10.4. The van der Waals surface area contributed by atoms with E-state index in [0.717, 1.165) is 24.0 Å². The number of aromatic nitrogens is 1. The number of hydrogen-bond acceptors (Lipinski definition) is 3. The summed E-state index contributed by atoms with van der Waals surface area (Å²) in [7, 11) is 0. The van der Waals surface area contributed by atoms with Crippen LogP contribution in [-0.4, -0.2) is 4.98 Å². The fourth-order valence-corrected chi connectivity index (χ4v) is 2.34. The van der Waals surface area contributed by atoms with Gasteiger partial charge in [0.2, 0.25) is 0 Å². The first kappa shape index (κ1) is 13.3. The molecule has 0 fully saturated rings. The lowest BCUT2D eigenvalue weighted by molar-refractivity contribution is 0.694. The van der Waals surface area contributed by atoms with E-state index >= 15 is 0 Å². The SMILES string of the molecule is N#Cc1cccc(CNCc2ccc3cnccc3c2)c1. The number of pyridine rings is 1. The lowest BCUT2D eigenvalue weighted by Gasteiger charge is -2.06. The molecule has 0 amide bonds. The quantitative estimate of drug-likeness (QED) is 0.792. The Morgan fingerprint density at radius 3 is 2.67 bits per heavy atom. The van der Waals surface area contributed by atoms with Crippen molar-refractivity contribution in [3.8, 4) is 6.07 Å². The van der Waals surface area contributed by atoms with Crippen molar-refractivity contribution in [2.24, 2.45) is 0 Å². The van der Waals surface area contributed by atoms with E-state index in [9.17, 15) is 0 Å². The summed E-state index contributed by atoms with van der Waals surface area (Å²) in [6.07, 6.45) is 3.69. The second-order valence-corrected chi connectivity index (χ2v) is 4.97. The van der Waals surface area contributed by atoms with Gasteiger partial charge in [-0.05, 0) is 40.8 Å².